The molecule has 104 valence electrons. The molecule has 0 fully saturated rings. The Morgan fingerprint density at radius 1 is 1.32 bits per heavy atom. The molecule has 0 spiro atoms. The number of hydrogen-bond acceptors (Lipinski definition) is 3. The van der Waals surface area contributed by atoms with Gasteiger partial charge in [-0.2, -0.15) is 13.2 Å². The summed E-state index contributed by atoms with van der Waals surface area (Å²) >= 11 is 1.17. The van der Waals surface area contributed by atoms with E-state index in [2.05, 4.69) is 0 Å². The molecule has 0 amide bonds. The molecule has 2 unspecified atom stereocenters. The van der Waals surface area contributed by atoms with Gasteiger partial charge in [0.05, 0.1) is 0 Å². The van der Waals surface area contributed by atoms with Gasteiger partial charge in [-0.25, -0.2) is 0 Å². The lowest BCUT2D eigenvalue weighted by Gasteiger charge is -2.36. The molecule has 1 aromatic heterocycles. The summed E-state index contributed by atoms with van der Waals surface area (Å²) < 4.78 is 40.4. The van der Waals surface area contributed by atoms with Crippen molar-refractivity contribution >= 4 is 21.4 Å². The first-order valence-electron chi connectivity index (χ1n) is 5.83. The van der Waals surface area contributed by atoms with Crippen LogP contribution in [0.4, 0.5) is 13.2 Å². The van der Waals surface area contributed by atoms with Crippen LogP contribution < -0.4 is 5.73 Å². The van der Waals surface area contributed by atoms with Crippen molar-refractivity contribution in [1.82, 2.24) is 0 Å². The van der Waals surface area contributed by atoms with Gasteiger partial charge in [0, 0.05) is 16.3 Å². The van der Waals surface area contributed by atoms with Gasteiger partial charge >= 0.3 is 6.18 Å². The van der Waals surface area contributed by atoms with E-state index in [0.29, 0.717) is 10.1 Å². The maximum absolute atomic E-state index is 13.3. The number of hydrogen-bond donors (Lipinski definition) is 2. The molecule has 0 aliphatic rings. The van der Waals surface area contributed by atoms with Crippen LogP contribution in [0.5, 0.6) is 0 Å². The van der Waals surface area contributed by atoms with Crippen molar-refractivity contribution in [2.75, 3.05) is 0 Å². The average Bonchev–Trinajstić information content (AvgIpc) is 2.83. The van der Waals surface area contributed by atoms with Gasteiger partial charge in [0.25, 0.3) is 0 Å². The minimum absolute atomic E-state index is 0.0256. The average molecular weight is 289 g/mol. The Labute approximate surface area is 112 Å². The second-order valence-electron chi connectivity index (χ2n) is 4.42. The predicted molar refractivity (Wildman–Crippen MR) is 70.0 cm³/mol. The van der Waals surface area contributed by atoms with Crippen LogP contribution in [0.2, 0.25) is 0 Å². The quantitative estimate of drug-likeness (QED) is 0.910. The van der Waals surface area contributed by atoms with Crippen molar-refractivity contribution in [2.24, 2.45) is 5.73 Å². The second kappa shape index (κ2) is 4.77. The van der Waals surface area contributed by atoms with E-state index in [-0.39, 0.29) is 12.0 Å². The standard InChI is InChI=1S/C13H14F3NOS/c1-2-10(17)12(18,13(14,15)16)9-5-3-4-8-6-7-19-11(8)9/h3-7,10,18H,2,17H2,1H3. The molecule has 0 aliphatic heterocycles. The van der Waals surface area contributed by atoms with Crippen LogP contribution in [-0.4, -0.2) is 17.3 Å². The summed E-state index contributed by atoms with van der Waals surface area (Å²) in [4.78, 5) is 0. The number of fused-ring (bicyclic) bond motifs is 1. The lowest BCUT2D eigenvalue weighted by atomic mass is 9.84. The largest absolute Gasteiger partial charge is 0.423 e. The number of aliphatic hydroxyl groups is 1. The Bertz CT molecular complexity index is 581. The molecule has 0 saturated carbocycles. The summed E-state index contributed by atoms with van der Waals surface area (Å²) in [6, 6.07) is 4.83. The van der Waals surface area contributed by atoms with E-state index in [0.717, 1.165) is 0 Å². The van der Waals surface area contributed by atoms with E-state index >= 15 is 0 Å². The fourth-order valence-corrected chi connectivity index (χ4v) is 3.12. The van der Waals surface area contributed by atoms with Gasteiger partial charge in [-0.15, -0.1) is 11.3 Å². The number of thiophene rings is 1. The monoisotopic (exact) mass is 289 g/mol. The summed E-state index contributed by atoms with van der Waals surface area (Å²) in [7, 11) is 0. The highest BCUT2D eigenvalue weighted by Crippen LogP contribution is 2.45. The lowest BCUT2D eigenvalue weighted by Crippen LogP contribution is -2.55. The predicted octanol–water partition coefficient (Wildman–Crippen LogP) is 3.39. The number of alkyl halides is 3. The summed E-state index contributed by atoms with van der Waals surface area (Å²) in [5.74, 6) is 0. The van der Waals surface area contributed by atoms with Gasteiger partial charge in [0.15, 0.2) is 0 Å². The molecular formula is C13H14F3NOS. The summed E-state index contributed by atoms with van der Waals surface area (Å²) in [6.07, 6.45) is -4.79. The Morgan fingerprint density at radius 2 is 2.00 bits per heavy atom. The van der Waals surface area contributed by atoms with Crippen LogP contribution in [0.15, 0.2) is 29.6 Å². The maximum Gasteiger partial charge on any atom is 0.423 e. The van der Waals surface area contributed by atoms with E-state index in [1.165, 1.54) is 30.4 Å². The molecule has 2 rings (SSSR count). The fourth-order valence-electron chi connectivity index (χ4n) is 2.15. The summed E-state index contributed by atoms with van der Waals surface area (Å²) in [5, 5.41) is 12.6. The minimum atomic E-state index is -4.82. The molecule has 0 aliphatic carbocycles. The normalized spacial score (nSPS) is 17.4. The third-order valence-electron chi connectivity index (χ3n) is 3.30. The van der Waals surface area contributed by atoms with Crippen LogP contribution in [-0.2, 0) is 5.60 Å². The van der Waals surface area contributed by atoms with Crippen LogP contribution in [0.3, 0.4) is 0 Å². The molecular weight excluding hydrogens is 275 g/mol. The zero-order chi connectivity index (χ0) is 14.3. The van der Waals surface area contributed by atoms with E-state index in [9.17, 15) is 18.3 Å². The Hall–Kier alpha value is -1.11. The van der Waals surface area contributed by atoms with E-state index in [4.69, 9.17) is 5.73 Å². The first kappa shape index (κ1) is 14.3. The zero-order valence-electron chi connectivity index (χ0n) is 10.2. The molecule has 6 heteroatoms. The number of halogens is 3. The topological polar surface area (TPSA) is 46.2 Å². The number of benzene rings is 1. The number of nitrogens with two attached hydrogens (primary N) is 1. The smallest absolute Gasteiger partial charge is 0.375 e. The third kappa shape index (κ3) is 2.13. The van der Waals surface area contributed by atoms with Crippen LogP contribution >= 0.6 is 11.3 Å². The van der Waals surface area contributed by atoms with Crippen LogP contribution in [0.25, 0.3) is 10.1 Å². The van der Waals surface area contributed by atoms with Crippen molar-refractivity contribution in [3.8, 4) is 0 Å². The van der Waals surface area contributed by atoms with Gasteiger partial charge in [0.1, 0.15) is 0 Å². The highest BCUT2D eigenvalue weighted by atomic mass is 32.1. The molecule has 2 aromatic rings. The molecule has 3 N–H and O–H groups in total. The lowest BCUT2D eigenvalue weighted by molar-refractivity contribution is -0.274. The molecule has 1 heterocycles. The van der Waals surface area contributed by atoms with Crippen molar-refractivity contribution in [2.45, 2.75) is 31.2 Å². The third-order valence-corrected chi connectivity index (χ3v) is 4.26. The molecule has 0 bridgehead atoms. The van der Waals surface area contributed by atoms with E-state index in [1.807, 2.05) is 0 Å². The second-order valence-corrected chi connectivity index (χ2v) is 5.34. The van der Waals surface area contributed by atoms with Crippen molar-refractivity contribution in [1.29, 1.82) is 0 Å². The van der Waals surface area contributed by atoms with E-state index < -0.39 is 17.8 Å². The molecule has 0 saturated heterocycles. The first-order valence-corrected chi connectivity index (χ1v) is 6.71. The van der Waals surface area contributed by atoms with Gasteiger partial charge in [0.2, 0.25) is 5.60 Å². The van der Waals surface area contributed by atoms with Gasteiger partial charge in [-0.3, -0.25) is 0 Å². The van der Waals surface area contributed by atoms with Crippen LogP contribution in [0.1, 0.15) is 18.9 Å². The van der Waals surface area contributed by atoms with Crippen molar-refractivity contribution in [3.05, 3.63) is 35.2 Å². The Kier molecular flexibility index (Phi) is 3.59. The molecule has 19 heavy (non-hydrogen) atoms. The Balaban J connectivity index is 2.72. The zero-order valence-corrected chi connectivity index (χ0v) is 11.1. The van der Waals surface area contributed by atoms with Gasteiger partial charge in [-0.05, 0) is 23.3 Å². The van der Waals surface area contributed by atoms with Crippen molar-refractivity contribution in [3.63, 3.8) is 0 Å². The molecule has 2 nitrogen and oxygen atoms in total. The number of rotatable bonds is 3. The SMILES string of the molecule is CCC(N)C(O)(c1cccc2ccsc12)C(F)(F)F. The minimum Gasteiger partial charge on any atom is -0.375 e. The van der Waals surface area contributed by atoms with Crippen LogP contribution in [0, 0.1) is 0 Å². The van der Waals surface area contributed by atoms with Gasteiger partial charge in [-0.1, -0.05) is 25.1 Å². The molecule has 1 aromatic carbocycles. The van der Waals surface area contributed by atoms with E-state index in [1.54, 1.807) is 17.5 Å². The molecule has 0 radical (unpaired) electrons. The van der Waals surface area contributed by atoms with Gasteiger partial charge < -0.3 is 10.8 Å². The fraction of sp³-hybridized carbons (Fsp3) is 0.385. The summed E-state index contributed by atoms with van der Waals surface area (Å²) in [5.41, 5.74) is 2.38. The Morgan fingerprint density at radius 3 is 2.58 bits per heavy atom. The molecule has 2 atom stereocenters. The maximum atomic E-state index is 13.3. The summed E-state index contributed by atoms with van der Waals surface area (Å²) in [6.45, 7) is 1.52. The highest BCUT2D eigenvalue weighted by Gasteiger charge is 2.58. The van der Waals surface area contributed by atoms with Crippen molar-refractivity contribution < 1.29 is 18.3 Å². The highest BCUT2D eigenvalue weighted by molar-refractivity contribution is 7.17. The first-order chi connectivity index (χ1) is 8.82.